The van der Waals surface area contributed by atoms with Gasteiger partial charge in [-0.1, -0.05) is 32.6 Å². The van der Waals surface area contributed by atoms with Crippen LogP contribution in [0.25, 0.3) is 0 Å². The summed E-state index contributed by atoms with van der Waals surface area (Å²) in [4.78, 5) is 14.4. The lowest BCUT2D eigenvalue weighted by atomic mass is 9.82. The number of likely N-dealkylation sites (N-methyl/N-ethyl adjacent to an activating group) is 1. The van der Waals surface area contributed by atoms with Crippen LogP contribution in [-0.4, -0.2) is 143 Å². The molecule has 3 saturated heterocycles. The minimum absolute atomic E-state index is 0.0424. The van der Waals surface area contributed by atoms with E-state index in [1.807, 2.05) is 6.92 Å². The average molecular weight is 606 g/mol. The molecule has 0 aromatic heterocycles. The summed E-state index contributed by atoms with van der Waals surface area (Å²) in [7, 11) is 3.31. The zero-order valence-corrected chi connectivity index (χ0v) is 25.2. The van der Waals surface area contributed by atoms with Crippen molar-refractivity contribution in [3.63, 3.8) is 0 Å². The summed E-state index contributed by atoms with van der Waals surface area (Å²) >= 11 is 0. The number of carbonyl (C=O) groups is 1. The first-order chi connectivity index (χ1) is 20.1. The molecule has 5 N–H and O–H groups in total. The van der Waals surface area contributed by atoms with Gasteiger partial charge in [-0.2, -0.15) is 0 Å². The predicted molar refractivity (Wildman–Crippen MR) is 147 cm³/mol. The normalized spacial score (nSPS) is 45.5. The second-order valence-electron chi connectivity index (χ2n) is 12.3. The van der Waals surface area contributed by atoms with Crippen LogP contribution in [-0.2, 0) is 33.2 Å². The van der Waals surface area contributed by atoms with E-state index in [9.17, 15) is 30.3 Å². The Labute approximate surface area is 248 Å². The van der Waals surface area contributed by atoms with Crippen molar-refractivity contribution in [3.8, 4) is 0 Å². The van der Waals surface area contributed by atoms with Gasteiger partial charge in [-0.05, 0) is 38.5 Å². The molecule has 13 heteroatoms. The van der Waals surface area contributed by atoms with Crippen molar-refractivity contribution in [2.45, 2.75) is 145 Å². The van der Waals surface area contributed by atoms with Crippen LogP contribution < -0.4 is 0 Å². The summed E-state index contributed by atoms with van der Waals surface area (Å²) in [5, 5.41) is 52.4. The van der Waals surface area contributed by atoms with E-state index in [2.05, 4.69) is 0 Å². The van der Waals surface area contributed by atoms with Gasteiger partial charge in [0.1, 0.15) is 48.8 Å². The van der Waals surface area contributed by atoms with Crippen molar-refractivity contribution in [2.75, 3.05) is 27.3 Å². The number of carbonyl (C=O) groups excluding carboxylic acids is 1. The Morgan fingerprint density at radius 1 is 0.833 bits per heavy atom. The minimum atomic E-state index is -1.46. The van der Waals surface area contributed by atoms with Crippen molar-refractivity contribution in [2.24, 2.45) is 5.92 Å². The van der Waals surface area contributed by atoms with E-state index in [1.165, 1.54) is 4.90 Å². The number of rotatable bonds is 7. The number of aliphatic hydroxyl groups is 5. The standard InChI is InChI=1S/C29H51NO12/c1-5-16-10-9-12-17(24(16)42-28-23(35)22(34)20(32)15(2)38-28)40-29-26-25(21(33)19(14-31)41-29)39-18(27(36)30(3)4)11-7-6-8-13-37-26/h15-26,28-29,31-35H,5-14H2,1-4H3/t15?,16-,17-,18-,19?,20-,21+,22?,23+,24?,25?,26?,28+,29-/m1/s1. The Hall–Kier alpha value is -0.970. The summed E-state index contributed by atoms with van der Waals surface area (Å²) in [6.45, 7) is 3.51. The van der Waals surface area contributed by atoms with Crippen molar-refractivity contribution in [1.82, 2.24) is 4.90 Å². The Bertz CT molecular complexity index is 849. The van der Waals surface area contributed by atoms with E-state index in [0.717, 1.165) is 38.5 Å². The van der Waals surface area contributed by atoms with E-state index in [1.54, 1.807) is 21.0 Å². The maximum Gasteiger partial charge on any atom is 0.251 e. The topological polar surface area (TPSA) is 177 Å². The van der Waals surface area contributed by atoms with Crippen LogP contribution in [0.15, 0.2) is 0 Å². The molecule has 6 unspecified atom stereocenters. The Morgan fingerprint density at radius 3 is 2.29 bits per heavy atom. The predicted octanol–water partition coefficient (Wildman–Crippen LogP) is -0.326. The van der Waals surface area contributed by atoms with E-state index in [0.29, 0.717) is 19.4 Å². The van der Waals surface area contributed by atoms with Gasteiger partial charge in [0.05, 0.1) is 24.9 Å². The third-order valence-electron chi connectivity index (χ3n) is 9.08. The number of nitrogens with zero attached hydrogens (tertiary/aromatic N) is 1. The molecule has 13 nitrogen and oxygen atoms in total. The Kier molecular flexibility index (Phi) is 12.4. The van der Waals surface area contributed by atoms with Crippen LogP contribution >= 0.6 is 0 Å². The van der Waals surface area contributed by atoms with Crippen molar-refractivity contribution < 1.29 is 58.7 Å². The lowest BCUT2D eigenvalue weighted by Gasteiger charge is -2.48. The second kappa shape index (κ2) is 15.3. The third-order valence-corrected chi connectivity index (χ3v) is 9.08. The van der Waals surface area contributed by atoms with Crippen molar-refractivity contribution >= 4 is 5.91 Å². The SMILES string of the molecule is CC[C@@H]1CCC[C@@H](O[C@@H]2OC(CO)[C@H](O)C3O[C@@H](C(=O)N(C)C)CCCCCOC32)C1O[C@@H]1OC(C)[C@@H](O)C(O)[C@@H]1O. The van der Waals surface area contributed by atoms with E-state index < -0.39 is 86.3 Å². The van der Waals surface area contributed by atoms with Crippen LogP contribution in [0.2, 0.25) is 0 Å². The van der Waals surface area contributed by atoms with Crippen molar-refractivity contribution in [1.29, 1.82) is 0 Å². The van der Waals surface area contributed by atoms with E-state index in [4.69, 9.17) is 28.4 Å². The van der Waals surface area contributed by atoms with E-state index in [-0.39, 0.29) is 11.8 Å². The molecule has 3 aliphatic heterocycles. The first kappa shape index (κ1) is 33.9. The van der Waals surface area contributed by atoms with Crippen LogP contribution in [0.3, 0.4) is 0 Å². The fourth-order valence-electron chi connectivity index (χ4n) is 6.49. The fraction of sp³-hybridized carbons (Fsp3) is 0.966. The number of ether oxygens (including phenoxy) is 6. The third kappa shape index (κ3) is 7.63. The second-order valence-corrected chi connectivity index (χ2v) is 12.3. The number of hydrogen-bond donors (Lipinski definition) is 5. The zero-order valence-electron chi connectivity index (χ0n) is 25.2. The number of fused-ring (bicyclic) bond motifs is 1. The van der Waals surface area contributed by atoms with Gasteiger partial charge in [-0.15, -0.1) is 0 Å². The Balaban J connectivity index is 1.58. The smallest absolute Gasteiger partial charge is 0.251 e. The van der Waals surface area contributed by atoms with Gasteiger partial charge in [0.25, 0.3) is 5.91 Å². The highest BCUT2D eigenvalue weighted by Crippen LogP contribution is 2.37. The van der Waals surface area contributed by atoms with Crippen LogP contribution in [0.4, 0.5) is 0 Å². The number of aliphatic hydroxyl groups excluding tert-OH is 5. The fourth-order valence-corrected chi connectivity index (χ4v) is 6.49. The molecule has 3 heterocycles. The summed E-state index contributed by atoms with van der Waals surface area (Å²) < 4.78 is 37.2. The first-order valence-corrected chi connectivity index (χ1v) is 15.5. The molecule has 244 valence electrons. The van der Waals surface area contributed by atoms with Gasteiger partial charge in [0.15, 0.2) is 12.6 Å². The average Bonchev–Trinajstić information content (AvgIpc) is 2.98. The molecule has 4 aliphatic rings. The monoisotopic (exact) mass is 605 g/mol. The maximum absolute atomic E-state index is 13.0. The molecule has 1 saturated carbocycles. The molecule has 42 heavy (non-hydrogen) atoms. The minimum Gasteiger partial charge on any atom is -0.394 e. The van der Waals surface area contributed by atoms with Crippen LogP contribution in [0, 0.1) is 5.92 Å². The molecule has 0 bridgehead atoms. The van der Waals surface area contributed by atoms with Crippen molar-refractivity contribution in [3.05, 3.63) is 0 Å². The lowest BCUT2D eigenvalue weighted by molar-refractivity contribution is -0.353. The molecular formula is C29H51NO12. The molecule has 14 atom stereocenters. The molecule has 4 rings (SSSR count). The van der Waals surface area contributed by atoms with E-state index >= 15 is 0 Å². The first-order valence-electron chi connectivity index (χ1n) is 15.5. The molecule has 4 fully saturated rings. The van der Waals surface area contributed by atoms with Gasteiger partial charge in [0.2, 0.25) is 0 Å². The van der Waals surface area contributed by atoms with Gasteiger partial charge in [-0.3, -0.25) is 4.79 Å². The summed E-state index contributed by atoms with van der Waals surface area (Å²) in [6.07, 6.45) is -7.32. The van der Waals surface area contributed by atoms with Gasteiger partial charge >= 0.3 is 0 Å². The zero-order chi connectivity index (χ0) is 30.6. The number of amides is 1. The molecule has 1 amide bonds. The molecule has 0 spiro atoms. The molecular weight excluding hydrogens is 554 g/mol. The molecule has 0 aromatic carbocycles. The lowest BCUT2D eigenvalue weighted by Crippen LogP contribution is -2.64. The highest BCUT2D eigenvalue weighted by Gasteiger charge is 2.51. The van der Waals surface area contributed by atoms with Crippen LogP contribution in [0.1, 0.15) is 65.2 Å². The largest absolute Gasteiger partial charge is 0.394 e. The summed E-state index contributed by atoms with van der Waals surface area (Å²) in [5.41, 5.74) is 0. The van der Waals surface area contributed by atoms with Crippen LogP contribution in [0.5, 0.6) is 0 Å². The molecule has 0 aromatic rings. The molecule has 0 radical (unpaired) electrons. The van der Waals surface area contributed by atoms with Gasteiger partial charge < -0.3 is 58.9 Å². The summed E-state index contributed by atoms with van der Waals surface area (Å²) in [5.74, 6) is -0.175. The highest BCUT2D eigenvalue weighted by molar-refractivity contribution is 5.80. The summed E-state index contributed by atoms with van der Waals surface area (Å²) in [6, 6.07) is 0. The highest BCUT2D eigenvalue weighted by atomic mass is 16.7. The Morgan fingerprint density at radius 2 is 1.60 bits per heavy atom. The van der Waals surface area contributed by atoms with Gasteiger partial charge in [0, 0.05) is 20.7 Å². The maximum atomic E-state index is 13.0. The molecule has 1 aliphatic carbocycles. The number of hydrogen-bond acceptors (Lipinski definition) is 12. The van der Waals surface area contributed by atoms with Gasteiger partial charge in [-0.25, -0.2) is 0 Å². The quantitative estimate of drug-likeness (QED) is 0.256.